The molecule has 3 N–H and O–H groups in total. The van der Waals surface area contributed by atoms with Gasteiger partial charge in [0.25, 0.3) is 0 Å². The summed E-state index contributed by atoms with van der Waals surface area (Å²) in [5.74, 6) is 6.54. The molecule has 0 aromatic heterocycles. The van der Waals surface area contributed by atoms with Gasteiger partial charge < -0.3 is 5.43 Å². The minimum Gasteiger partial charge on any atom is -0.312 e. The zero-order valence-corrected chi connectivity index (χ0v) is 9.85. The normalized spacial score (nSPS) is 22.5. The van der Waals surface area contributed by atoms with Crippen molar-refractivity contribution in [1.82, 2.24) is 5.43 Å². The van der Waals surface area contributed by atoms with Crippen LogP contribution < -0.4 is 11.3 Å². The lowest BCUT2D eigenvalue weighted by molar-refractivity contribution is 0.454. The fourth-order valence-corrected chi connectivity index (χ4v) is 2.07. The molecule has 0 aromatic rings. The molecule has 0 atom stereocenters. The van der Waals surface area contributed by atoms with Gasteiger partial charge in [-0.2, -0.15) is 0 Å². The number of hydrogen-bond acceptors (Lipinski definition) is 2. The molecule has 0 unspecified atom stereocenters. The average molecular weight is 197 g/mol. The van der Waals surface area contributed by atoms with Crippen molar-refractivity contribution in [3.8, 4) is 0 Å². The number of rotatable bonds is 1. The SMILES string of the molecule is CC(C)(C)N=C(NN)C1(C)CCCC1. The summed E-state index contributed by atoms with van der Waals surface area (Å²) in [7, 11) is 0. The molecular formula is C11H23N3. The van der Waals surface area contributed by atoms with E-state index in [1.54, 1.807) is 0 Å². The van der Waals surface area contributed by atoms with E-state index in [4.69, 9.17) is 5.84 Å². The van der Waals surface area contributed by atoms with Crippen molar-refractivity contribution in [2.24, 2.45) is 16.3 Å². The summed E-state index contributed by atoms with van der Waals surface area (Å²) in [4.78, 5) is 4.66. The van der Waals surface area contributed by atoms with Gasteiger partial charge in [-0.1, -0.05) is 19.8 Å². The van der Waals surface area contributed by atoms with Gasteiger partial charge in [0.1, 0.15) is 5.84 Å². The third-order valence-corrected chi connectivity index (χ3v) is 2.86. The number of nitrogens with one attached hydrogen (secondary N) is 1. The van der Waals surface area contributed by atoms with Gasteiger partial charge in [0.2, 0.25) is 0 Å². The minimum atomic E-state index is -0.0483. The van der Waals surface area contributed by atoms with Crippen molar-refractivity contribution in [2.75, 3.05) is 0 Å². The Hall–Kier alpha value is -0.570. The number of aliphatic imine (C=N–C) groups is 1. The predicted molar refractivity (Wildman–Crippen MR) is 61.1 cm³/mol. The molecule has 0 amide bonds. The van der Waals surface area contributed by atoms with E-state index >= 15 is 0 Å². The Morgan fingerprint density at radius 3 is 2.14 bits per heavy atom. The first kappa shape index (κ1) is 11.5. The van der Waals surface area contributed by atoms with E-state index in [0.29, 0.717) is 0 Å². The van der Waals surface area contributed by atoms with Crippen LogP contribution in [0.15, 0.2) is 4.99 Å². The molecule has 1 rings (SSSR count). The molecule has 82 valence electrons. The van der Waals surface area contributed by atoms with E-state index in [2.05, 4.69) is 38.1 Å². The van der Waals surface area contributed by atoms with Crippen LogP contribution in [0.1, 0.15) is 53.4 Å². The smallest absolute Gasteiger partial charge is 0.117 e. The van der Waals surface area contributed by atoms with Gasteiger partial charge in [-0.3, -0.25) is 4.99 Å². The van der Waals surface area contributed by atoms with Crippen molar-refractivity contribution >= 4 is 5.84 Å². The van der Waals surface area contributed by atoms with Crippen molar-refractivity contribution in [2.45, 2.75) is 58.9 Å². The highest BCUT2D eigenvalue weighted by Crippen LogP contribution is 2.38. The highest BCUT2D eigenvalue weighted by molar-refractivity contribution is 5.87. The van der Waals surface area contributed by atoms with Crippen molar-refractivity contribution in [3.05, 3.63) is 0 Å². The maximum atomic E-state index is 5.56. The second-order valence-electron chi connectivity index (χ2n) is 5.54. The molecule has 3 nitrogen and oxygen atoms in total. The van der Waals surface area contributed by atoms with Crippen LogP contribution in [0.4, 0.5) is 0 Å². The molecule has 0 bridgehead atoms. The van der Waals surface area contributed by atoms with E-state index in [9.17, 15) is 0 Å². The monoisotopic (exact) mass is 197 g/mol. The first-order chi connectivity index (χ1) is 6.37. The Kier molecular flexibility index (Phi) is 3.20. The van der Waals surface area contributed by atoms with Crippen LogP contribution in [-0.2, 0) is 0 Å². The Balaban J connectivity index is 2.85. The van der Waals surface area contributed by atoms with Crippen LogP contribution in [0.5, 0.6) is 0 Å². The Morgan fingerprint density at radius 2 is 1.79 bits per heavy atom. The molecule has 0 aliphatic heterocycles. The van der Waals surface area contributed by atoms with Gasteiger partial charge in [-0.15, -0.1) is 0 Å². The van der Waals surface area contributed by atoms with E-state index < -0.39 is 0 Å². The summed E-state index contributed by atoms with van der Waals surface area (Å²) in [6, 6.07) is 0. The molecule has 0 heterocycles. The number of nitrogens with two attached hydrogens (primary N) is 1. The van der Waals surface area contributed by atoms with Crippen LogP contribution >= 0.6 is 0 Å². The summed E-state index contributed by atoms with van der Waals surface area (Å²) < 4.78 is 0. The fourth-order valence-electron chi connectivity index (χ4n) is 2.07. The van der Waals surface area contributed by atoms with E-state index in [0.717, 1.165) is 5.84 Å². The molecule has 0 spiro atoms. The van der Waals surface area contributed by atoms with E-state index in [1.165, 1.54) is 25.7 Å². The third kappa shape index (κ3) is 2.71. The van der Waals surface area contributed by atoms with Crippen LogP contribution in [0.25, 0.3) is 0 Å². The topological polar surface area (TPSA) is 50.4 Å². The maximum absolute atomic E-state index is 5.56. The van der Waals surface area contributed by atoms with Crippen molar-refractivity contribution < 1.29 is 0 Å². The van der Waals surface area contributed by atoms with Gasteiger partial charge >= 0.3 is 0 Å². The first-order valence-corrected chi connectivity index (χ1v) is 5.44. The van der Waals surface area contributed by atoms with Crippen LogP contribution in [-0.4, -0.2) is 11.4 Å². The van der Waals surface area contributed by atoms with Crippen molar-refractivity contribution in [3.63, 3.8) is 0 Å². The van der Waals surface area contributed by atoms with Crippen LogP contribution in [0.2, 0.25) is 0 Å². The van der Waals surface area contributed by atoms with Gasteiger partial charge in [0.05, 0.1) is 5.54 Å². The average Bonchev–Trinajstić information content (AvgIpc) is 2.47. The Bertz CT molecular complexity index is 219. The standard InChI is InChI=1S/C11H23N3/c1-10(2,3)13-9(14-12)11(4)7-5-6-8-11/h5-8,12H2,1-4H3,(H,13,14). The minimum absolute atomic E-state index is 0.0483. The fraction of sp³-hybridized carbons (Fsp3) is 0.909. The number of hydrogen-bond donors (Lipinski definition) is 2. The quantitative estimate of drug-likeness (QED) is 0.293. The second kappa shape index (κ2) is 3.89. The van der Waals surface area contributed by atoms with Crippen molar-refractivity contribution in [1.29, 1.82) is 0 Å². The predicted octanol–water partition coefficient (Wildman–Crippen LogP) is 2.23. The molecule has 1 saturated carbocycles. The molecule has 0 aromatic carbocycles. The molecule has 14 heavy (non-hydrogen) atoms. The van der Waals surface area contributed by atoms with E-state index in [1.807, 2.05) is 0 Å². The van der Waals surface area contributed by atoms with Gasteiger partial charge in [-0.05, 0) is 33.6 Å². The highest BCUT2D eigenvalue weighted by Gasteiger charge is 2.34. The van der Waals surface area contributed by atoms with E-state index in [-0.39, 0.29) is 11.0 Å². The summed E-state index contributed by atoms with van der Waals surface area (Å²) in [5.41, 5.74) is 2.93. The van der Waals surface area contributed by atoms with Crippen LogP contribution in [0, 0.1) is 5.41 Å². The molecule has 1 aliphatic carbocycles. The largest absolute Gasteiger partial charge is 0.312 e. The van der Waals surface area contributed by atoms with Gasteiger partial charge in [-0.25, -0.2) is 5.84 Å². The summed E-state index contributed by atoms with van der Waals surface area (Å²) in [5, 5.41) is 0. The Morgan fingerprint density at radius 1 is 1.29 bits per heavy atom. The molecular weight excluding hydrogens is 174 g/mol. The second-order valence-corrected chi connectivity index (χ2v) is 5.54. The highest BCUT2D eigenvalue weighted by atomic mass is 15.3. The number of amidine groups is 1. The Labute approximate surface area is 87.1 Å². The lowest BCUT2D eigenvalue weighted by atomic mass is 9.87. The lowest BCUT2D eigenvalue weighted by Crippen LogP contribution is -2.43. The molecule has 0 radical (unpaired) electrons. The molecule has 0 saturated heterocycles. The summed E-state index contributed by atoms with van der Waals surface area (Å²) >= 11 is 0. The molecule has 3 heteroatoms. The van der Waals surface area contributed by atoms with Crippen LogP contribution in [0.3, 0.4) is 0 Å². The summed E-state index contributed by atoms with van der Waals surface area (Å²) in [6.45, 7) is 8.55. The third-order valence-electron chi connectivity index (χ3n) is 2.86. The molecule has 1 aliphatic rings. The number of nitrogens with zero attached hydrogens (tertiary/aromatic N) is 1. The first-order valence-electron chi connectivity index (χ1n) is 5.44. The molecule has 1 fully saturated rings. The zero-order chi connectivity index (χ0) is 10.8. The summed E-state index contributed by atoms with van der Waals surface area (Å²) in [6.07, 6.45) is 4.99. The van der Waals surface area contributed by atoms with Gasteiger partial charge in [0, 0.05) is 5.41 Å². The maximum Gasteiger partial charge on any atom is 0.117 e. The lowest BCUT2D eigenvalue weighted by Gasteiger charge is -2.28. The zero-order valence-electron chi connectivity index (χ0n) is 9.85. The van der Waals surface area contributed by atoms with Gasteiger partial charge in [0.15, 0.2) is 0 Å². The number of hydrazine groups is 1.